The van der Waals surface area contributed by atoms with Crippen LogP contribution in [0.5, 0.6) is 5.75 Å². The summed E-state index contributed by atoms with van der Waals surface area (Å²) in [5, 5.41) is 2.37. The molecular formula is C46H45N7ORu. The van der Waals surface area contributed by atoms with Crippen LogP contribution >= 0.6 is 0 Å². The molecule has 0 atom stereocenters. The third-order valence-electron chi connectivity index (χ3n) is 8.70. The summed E-state index contributed by atoms with van der Waals surface area (Å²) < 4.78 is 5.92. The zero-order valence-electron chi connectivity index (χ0n) is 31.2. The number of ether oxygens (including phenoxy) is 1. The Morgan fingerprint density at radius 3 is 1.60 bits per heavy atom. The first-order valence-corrected chi connectivity index (χ1v) is 18.3. The zero-order chi connectivity index (χ0) is 37.2. The minimum atomic E-state index is 0. The summed E-state index contributed by atoms with van der Waals surface area (Å²) in [4.78, 5) is 28.0. The minimum Gasteiger partial charge on any atom is -0.494 e. The van der Waals surface area contributed by atoms with E-state index in [-0.39, 0.29) is 19.5 Å². The van der Waals surface area contributed by atoms with Crippen molar-refractivity contribution in [3.63, 3.8) is 0 Å². The van der Waals surface area contributed by atoms with Crippen LogP contribution < -0.4 is 9.64 Å². The molecule has 278 valence electrons. The number of fused-ring (bicyclic) bond motifs is 3. The maximum Gasteiger partial charge on any atom is 0.121 e. The first-order chi connectivity index (χ1) is 26.7. The van der Waals surface area contributed by atoms with E-state index in [9.17, 15) is 0 Å². The molecule has 9 heteroatoms. The van der Waals surface area contributed by atoms with Crippen molar-refractivity contribution in [3.05, 3.63) is 170 Å². The summed E-state index contributed by atoms with van der Waals surface area (Å²) in [6.45, 7) is 0.771. The second-order valence-electron chi connectivity index (χ2n) is 12.8. The predicted molar refractivity (Wildman–Crippen MR) is 220 cm³/mol. The first-order valence-electron chi connectivity index (χ1n) is 18.3. The van der Waals surface area contributed by atoms with Gasteiger partial charge in [-0.2, -0.15) is 0 Å². The van der Waals surface area contributed by atoms with E-state index in [1.54, 1.807) is 24.8 Å². The van der Waals surface area contributed by atoms with Gasteiger partial charge in [0.05, 0.1) is 40.4 Å². The summed E-state index contributed by atoms with van der Waals surface area (Å²) in [5.74, 6) is 0.949. The normalized spacial score (nSPS) is 10.3. The average molecular weight is 813 g/mol. The molecule has 6 aromatic heterocycles. The number of nitrogens with zero attached hydrogens (tertiary/aromatic N) is 7. The number of benzene rings is 2. The van der Waals surface area contributed by atoms with Gasteiger partial charge < -0.3 is 9.64 Å². The van der Waals surface area contributed by atoms with Crippen LogP contribution in [0.4, 0.5) is 5.69 Å². The fourth-order valence-corrected chi connectivity index (χ4v) is 5.90. The van der Waals surface area contributed by atoms with Crippen LogP contribution in [-0.4, -0.2) is 50.6 Å². The van der Waals surface area contributed by atoms with E-state index >= 15 is 0 Å². The Kier molecular flexibility index (Phi) is 15.9. The molecule has 0 saturated carbocycles. The molecule has 55 heavy (non-hydrogen) atoms. The van der Waals surface area contributed by atoms with Crippen LogP contribution in [0.25, 0.3) is 44.6 Å². The molecule has 0 aliphatic heterocycles. The quantitative estimate of drug-likeness (QED) is 0.0725. The number of unbranched alkanes of at least 4 members (excludes halogenated alkanes) is 3. The predicted octanol–water partition coefficient (Wildman–Crippen LogP) is 10.3. The summed E-state index contributed by atoms with van der Waals surface area (Å²) in [7, 11) is 4.09. The van der Waals surface area contributed by atoms with Gasteiger partial charge in [-0.05, 0) is 97.6 Å². The SMILES string of the molecule is CN(C)c1cccc(OCCCCCCc2ccnc3c2ccc2cccnc23)c1.[Ru].c1ccc(-c2ccccn2)nc1.c1ccc(-c2ccccn2)nc1. The Balaban J connectivity index is 0.000000189. The van der Waals surface area contributed by atoms with Crippen LogP contribution in [0, 0.1) is 0 Å². The Morgan fingerprint density at radius 2 is 1.04 bits per heavy atom. The van der Waals surface area contributed by atoms with Crippen molar-refractivity contribution in [1.29, 1.82) is 0 Å². The van der Waals surface area contributed by atoms with Gasteiger partial charge in [0.25, 0.3) is 0 Å². The zero-order valence-corrected chi connectivity index (χ0v) is 33.0. The van der Waals surface area contributed by atoms with Crippen LogP contribution in [0.3, 0.4) is 0 Å². The molecule has 0 radical (unpaired) electrons. The van der Waals surface area contributed by atoms with Gasteiger partial charge in [-0.3, -0.25) is 29.9 Å². The number of hydrogen-bond acceptors (Lipinski definition) is 8. The fraction of sp³-hybridized carbons (Fsp3) is 0.174. The average Bonchev–Trinajstić information content (AvgIpc) is 3.25. The molecule has 8 rings (SSSR count). The maximum absolute atomic E-state index is 5.92. The van der Waals surface area contributed by atoms with E-state index in [0.29, 0.717) is 0 Å². The molecule has 0 amide bonds. The van der Waals surface area contributed by atoms with Crippen LogP contribution in [0.2, 0.25) is 0 Å². The number of anilines is 1. The molecule has 2 aromatic carbocycles. The van der Waals surface area contributed by atoms with E-state index < -0.39 is 0 Å². The molecule has 8 aromatic rings. The second-order valence-corrected chi connectivity index (χ2v) is 12.8. The third kappa shape index (κ3) is 12.0. The van der Waals surface area contributed by atoms with E-state index in [1.165, 1.54) is 35.9 Å². The molecule has 0 saturated heterocycles. The Bertz CT molecular complexity index is 2150. The monoisotopic (exact) mass is 813 g/mol. The van der Waals surface area contributed by atoms with Gasteiger partial charge >= 0.3 is 0 Å². The van der Waals surface area contributed by atoms with Gasteiger partial charge in [-0.25, -0.2) is 0 Å². The number of aromatic nitrogens is 6. The smallest absolute Gasteiger partial charge is 0.121 e. The van der Waals surface area contributed by atoms with Crippen molar-refractivity contribution in [1.82, 2.24) is 29.9 Å². The fourth-order valence-electron chi connectivity index (χ4n) is 5.90. The molecular weight excluding hydrogens is 768 g/mol. The van der Waals surface area contributed by atoms with Crippen molar-refractivity contribution in [2.75, 3.05) is 25.6 Å². The second kappa shape index (κ2) is 21.7. The Labute approximate surface area is 336 Å². The molecule has 6 heterocycles. The number of aryl methyl sites for hydroxylation is 1. The molecule has 0 aliphatic rings. The molecule has 0 spiro atoms. The van der Waals surface area contributed by atoms with E-state index in [1.807, 2.05) is 117 Å². The molecule has 0 bridgehead atoms. The van der Waals surface area contributed by atoms with Gasteiger partial charge in [0.15, 0.2) is 0 Å². The first kappa shape index (κ1) is 40.3. The van der Waals surface area contributed by atoms with Crippen LogP contribution in [0.1, 0.15) is 31.2 Å². The van der Waals surface area contributed by atoms with Crippen molar-refractivity contribution in [2.24, 2.45) is 0 Å². The van der Waals surface area contributed by atoms with Crippen molar-refractivity contribution in [3.8, 4) is 28.5 Å². The van der Waals surface area contributed by atoms with Crippen molar-refractivity contribution < 1.29 is 24.2 Å². The van der Waals surface area contributed by atoms with Gasteiger partial charge in [0.1, 0.15) is 5.75 Å². The topological polar surface area (TPSA) is 89.8 Å². The Morgan fingerprint density at radius 1 is 0.473 bits per heavy atom. The minimum absolute atomic E-state index is 0. The van der Waals surface area contributed by atoms with Gasteiger partial charge in [-0.15, -0.1) is 0 Å². The molecule has 8 nitrogen and oxygen atoms in total. The standard InChI is InChI=1S/C26H29N3O.2C10H8N2.Ru/c1-29(2)22-11-7-12-23(19-22)30-18-6-4-3-5-9-20-15-17-28-26-24(20)14-13-21-10-8-16-27-25(21)26;2*1-3-7-11-9(5-1)10-6-2-4-8-12-10;/h7-8,10-17,19H,3-6,9,18H2,1-2H3;2*1-8H;. The summed E-state index contributed by atoms with van der Waals surface area (Å²) in [5.41, 5.74) is 8.20. The summed E-state index contributed by atoms with van der Waals surface area (Å²) >= 11 is 0. The van der Waals surface area contributed by atoms with Gasteiger partial charge in [0.2, 0.25) is 0 Å². The molecule has 0 N–H and O–H groups in total. The van der Waals surface area contributed by atoms with E-state index in [4.69, 9.17) is 4.74 Å². The van der Waals surface area contributed by atoms with Crippen molar-refractivity contribution >= 4 is 27.5 Å². The molecule has 0 unspecified atom stereocenters. The Hall–Kier alpha value is -5.92. The van der Waals surface area contributed by atoms with Crippen LogP contribution in [-0.2, 0) is 25.9 Å². The third-order valence-corrected chi connectivity index (χ3v) is 8.70. The number of rotatable bonds is 11. The van der Waals surface area contributed by atoms with E-state index in [0.717, 1.165) is 64.4 Å². The summed E-state index contributed by atoms with van der Waals surface area (Å²) in [6, 6.07) is 42.0. The number of pyridine rings is 6. The van der Waals surface area contributed by atoms with Gasteiger partial charge in [0, 0.05) is 93.3 Å². The number of hydrogen-bond donors (Lipinski definition) is 0. The van der Waals surface area contributed by atoms with E-state index in [2.05, 4.69) is 71.2 Å². The molecule has 0 aliphatic carbocycles. The van der Waals surface area contributed by atoms with Crippen molar-refractivity contribution in [2.45, 2.75) is 32.1 Å². The largest absolute Gasteiger partial charge is 0.494 e. The van der Waals surface area contributed by atoms with Crippen LogP contribution in [0.15, 0.2) is 165 Å². The van der Waals surface area contributed by atoms with Gasteiger partial charge in [-0.1, -0.05) is 61.4 Å². The summed E-state index contributed by atoms with van der Waals surface area (Å²) in [6.07, 6.45) is 16.5. The maximum atomic E-state index is 5.92. The molecule has 0 fully saturated rings.